The molecule has 0 aliphatic carbocycles. The molecule has 2 heterocycles. The minimum atomic E-state index is -0.875. The Morgan fingerprint density at radius 1 is 0.909 bits per heavy atom. The number of fused-ring (bicyclic) bond motifs is 1. The third kappa shape index (κ3) is 5.10. The summed E-state index contributed by atoms with van der Waals surface area (Å²) in [6.45, 7) is 3.46. The smallest absolute Gasteiger partial charge is 0.254 e. The molecule has 3 aromatic rings. The van der Waals surface area contributed by atoms with Crippen LogP contribution in [0.15, 0.2) is 78.9 Å². The molecular weight excluding hydrogens is 410 g/mol. The van der Waals surface area contributed by atoms with Gasteiger partial charge in [-0.2, -0.15) is 0 Å². The van der Waals surface area contributed by atoms with Crippen molar-refractivity contribution >= 4 is 17.3 Å². The molecule has 0 spiro atoms. The van der Waals surface area contributed by atoms with Crippen LogP contribution in [0.1, 0.15) is 34.3 Å². The number of aliphatic hydroxyl groups is 1. The number of carbonyl (C=O) groups excluding carboxylic acids is 1. The lowest BCUT2D eigenvalue weighted by molar-refractivity contribution is -0.0489. The van der Waals surface area contributed by atoms with Crippen molar-refractivity contribution in [3.05, 3.63) is 95.6 Å². The van der Waals surface area contributed by atoms with Gasteiger partial charge in [0.25, 0.3) is 5.91 Å². The Hall–Kier alpha value is -3.15. The van der Waals surface area contributed by atoms with Crippen molar-refractivity contribution in [2.75, 3.05) is 31.5 Å². The number of nitrogens with zero attached hydrogens (tertiary/aromatic N) is 2. The predicted molar refractivity (Wildman–Crippen MR) is 132 cm³/mol. The predicted octanol–water partition coefficient (Wildman–Crippen LogP) is 4.46. The van der Waals surface area contributed by atoms with Gasteiger partial charge >= 0.3 is 0 Å². The average Bonchev–Trinajstić information content (AvgIpc) is 2.84. The summed E-state index contributed by atoms with van der Waals surface area (Å²) in [6.07, 6.45) is 2.55. The summed E-state index contributed by atoms with van der Waals surface area (Å²) in [4.78, 5) is 17.5. The van der Waals surface area contributed by atoms with Gasteiger partial charge in [0, 0.05) is 43.1 Å². The molecule has 2 N–H and O–H groups in total. The normalized spacial score (nSPS) is 20.8. The standard InChI is InChI=1S/C28H31N3O2/c32-27(23-10-6-13-26(18-23)29-25-11-2-1-3-12-25)31-16-7-15-28(33,21-31)20-30-17-14-22-8-4-5-9-24(22)19-30/h1-6,8-13,18,29,33H,7,14-17,19-21H2. The second kappa shape index (κ2) is 9.38. The fourth-order valence-corrected chi connectivity index (χ4v) is 5.12. The quantitative estimate of drug-likeness (QED) is 0.614. The Morgan fingerprint density at radius 2 is 1.67 bits per heavy atom. The van der Waals surface area contributed by atoms with E-state index in [1.807, 2.05) is 59.5 Å². The summed E-state index contributed by atoms with van der Waals surface area (Å²) in [5, 5.41) is 14.8. The minimum absolute atomic E-state index is 0.0196. The molecule has 1 atom stereocenters. The first-order chi connectivity index (χ1) is 16.1. The summed E-state index contributed by atoms with van der Waals surface area (Å²) in [5.74, 6) is -0.0196. The van der Waals surface area contributed by atoms with Gasteiger partial charge in [0.15, 0.2) is 0 Å². The molecule has 0 radical (unpaired) electrons. The number of nitrogens with one attached hydrogen (secondary N) is 1. The van der Waals surface area contributed by atoms with Crippen LogP contribution in [0.25, 0.3) is 0 Å². The van der Waals surface area contributed by atoms with Crippen LogP contribution in [0.4, 0.5) is 11.4 Å². The van der Waals surface area contributed by atoms with Gasteiger partial charge in [-0.05, 0) is 60.7 Å². The largest absolute Gasteiger partial charge is 0.387 e. The fraction of sp³-hybridized carbons (Fsp3) is 0.321. The number of carbonyl (C=O) groups is 1. The lowest BCUT2D eigenvalue weighted by Crippen LogP contribution is -2.56. The maximum atomic E-state index is 13.3. The Balaban J connectivity index is 1.25. The van der Waals surface area contributed by atoms with Crippen molar-refractivity contribution in [2.24, 2.45) is 0 Å². The van der Waals surface area contributed by atoms with Crippen LogP contribution in [0.3, 0.4) is 0 Å². The molecule has 170 valence electrons. The van der Waals surface area contributed by atoms with Crippen molar-refractivity contribution in [3.8, 4) is 0 Å². The molecular formula is C28H31N3O2. The second-order valence-electron chi connectivity index (χ2n) is 9.36. The van der Waals surface area contributed by atoms with Crippen LogP contribution in [-0.2, 0) is 13.0 Å². The maximum Gasteiger partial charge on any atom is 0.254 e. The topological polar surface area (TPSA) is 55.8 Å². The lowest BCUT2D eigenvalue weighted by Gasteiger charge is -2.43. The van der Waals surface area contributed by atoms with E-state index in [2.05, 4.69) is 34.5 Å². The molecule has 5 heteroatoms. The molecule has 3 aromatic carbocycles. The van der Waals surface area contributed by atoms with Gasteiger partial charge in [-0.25, -0.2) is 0 Å². The van der Waals surface area contributed by atoms with E-state index in [4.69, 9.17) is 0 Å². The molecule has 1 amide bonds. The molecule has 1 unspecified atom stereocenters. The van der Waals surface area contributed by atoms with Crippen LogP contribution < -0.4 is 5.32 Å². The number of benzene rings is 3. The van der Waals surface area contributed by atoms with E-state index in [1.165, 1.54) is 11.1 Å². The highest BCUT2D eigenvalue weighted by Gasteiger charge is 2.37. The van der Waals surface area contributed by atoms with Crippen LogP contribution in [0.5, 0.6) is 0 Å². The molecule has 1 saturated heterocycles. The van der Waals surface area contributed by atoms with Crippen LogP contribution in [-0.4, -0.2) is 52.6 Å². The average molecular weight is 442 g/mol. The highest BCUT2D eigenvalue weighted by molar-refractivity contribution is 5.95. The van der Waals surface area contributed by atoms with E-state index in [-0.39, 0.29) is 5.91 Å². The number of piperidine rings is 1. The van der Waals surface area contributed by atoms with Gasteiger partial charge in [0.2, 0.25) is 0 Å². The van der Waals surface area contributed by atoms with Gasteiger partial charge in [-0.15, -0.1) is 0 Å². The Morgan fingerprint density at radius 3 is 2.52 bits per heavy atom. The van der Waals surface area contributed by atoms with E-state index in [1.54, 1.807) is 0 Å². The third-order valence-electron chi connectivity index (χ3n) is 6.74. The van der Waals surface area contributed by atoms with E-state index < -0.39 is 5.60 Å². The van der Waals surface area contributed by atoms with Crippen LogP contribution in [0.2, 0.25) is 0 Å². The summed E-state index contributed by atoms with van der Waals surface area (Å²) < 4.78 is 0. The highest BCUT2D eigenvalue weighted by Crippen LogP contribution is 2.27. The molecule has 5 rings (SSSR count). The van der Waals surface area contributed by atoms with Crippen molar-refractivity contribution in [2.45, 2.75) is 31.4 Å². The van der Waals surface area contributed by atoms with E-state index in [9.17, 15) is 9.90 Å². The van der Waals surface area contributed by atoms with E-state index in [0.29, 0.717) is 25.2 Å². The summed E-state index contributed by atoms with van der Waals surface area (Å²) in [5.41, 5.74) is 4.39. The number of hydrogen-bond acceptors (Lipinski definition) is 4. The summed E-state index contributed by atoms with van der Waals surface area (Å²) in [6, 6.07) is 26.1. The first kappa shape index (κ1) is 21.7. The van der Waals surface area contributed by atoms with Crippen molar-refractivity contribution in [3.63, 3.8) is 0 Å². The van der Waals surface area contributed by atoms with Gasteiger partial charge < -0.3 is 15.3 Å². The molecule has 5 nitrogen and oxygen atoms in total. The number of amides is 1. The maximum absolute atomic E-state index is 13.3. The van der Waals surface area contributed by atoms with Gasteiger partial charge in [0.1, 0.15) is 0 Å². The highest BCUT2D eigenvalue weighted by atomic mass is 16.3. The Bertz CT molecular complexity index is 1120. The van der Waals surface area contributed by atoms with Crippen molar-refractivity contribution < 1.29 is 9.90 Å². The second-order valence-corrected chi connectivity index (χ2v) is 9.36. The number of para-hydroxylation sites is 1. The van der Waals surface area contributed by atoms with Crippen molar-refractivity contribution in [1.29, 1.82) is 0 Å². The van der Waals surface area contributed by atoms with Gasteiger partial charge in [-0.3, -0.25) is 9.69 Å². The number of β-amino-alcohol motifs (C(OH)–C–C–N with tert-alkyl or cyclic N) is 1. The molecule has 1 fully saturated rings. The molecule has 2 aliphatic heterocycles. The Labute approximate surface area is 195 Å². The zero-order valence-electron chi connectivity index (χ0n) is 18.9. The number of likely N-dealkylation sites (tertiary alicyclic amines) is 1. The number of anilines is 2. The first-order valence-electron chi connectivity index (χ1n) is 11.8. The van der Waals surface area contributed by atoms with Crippen LogP contribution in [0, 0.1) is 0 Å². The number of hydrogen-bond donors (Lipinski definition) is 2. The van der Waals surface area contributed by atoms with Gasteiger partial charge in [0.05, 0.1) is 12.1 Å². The summed E-state index contributed by atoms with van der Waals surface area (Å²) >= 11 is 0. The monoisotopic (exact) mass is 441 g/mol. The molecule has 0 bridgehead atoms. The van der Waals surface area contributed by atoms with Crippen LogP contribution >= 0.6 is 0 Å². The first-order valence-corrected chi connectivity index (χ1v) is 11.8. The lowest BCUT2D eigenvalue weighted by atomic mass is 9.90. The van der Waals surface area contributed by atoms with E-state index >= 15 is 0 Å². The molecule has 2 aliphatic rings. The minimum Gasteiger partial charge on any atom is -0.387 e. The van der Waals surface area contributed by atoms with Crippen molar-refractivity contribution in [1.82, 2.24) is 9.80 Å². The SMILES string of the molecule is O=C(c1cccc(Nc2ccccc2)c1)N1CCCC(O)(CN2CCc3ccccc3C2)C1. The Kier molecular flexibility index (Phi) is 6.16. The van der Waals surface area contributed by atoms with Gasteiger partial charge in [-0.1, -0.05) is 48.5 Å². The third-order valence-corrected chi connectivity index (χ3v) is 6.74. The fourth-order valence-electron chi connectivity index (χ4n) is 5.12. The molecule has 33 heavy (non-hydrogen) atoms. The molecule has 0 aromatic heterocycles. The molecule has 0 saturated carbocycles. The zero-order valence-corrected chi connectivity index (χ0v) is 18.9. The zero-order chi connectivity index (χ0) is 22.7. The number of rotatable bonds is 5. The van der Waals surface area contributed by atoms with E-state index in [0.717, 1.165) is 43.7 Å². The summed E-state index contributed by atoms with van der Waals surface area (Å²) in [7, 11) is 0.